The van der Waals surface area contributed by atoms with E-state index in [2.05, 4.69) is 20.0 Å². The molecule has 1 amide bonds. The minimum Gasteiger partial charge on any atom is -0.379 e. The lowest BCUT2D eigenvalue weighted by Gasteiger charge is -2.62. The predicted octanol–water partition coefficient (Wildman–Crippen LogP) is 2.13. The maximum Gasteiger partial charge on any atom is 0.256 e. The molecule has 3 saturated carbocycles. The number of halogens is 1. The van der Waals surface area contributed by atoms with E-state index in [0.717, 1.165) is 32.5 Å². The molecule has 0 bridgehead atoms. The maximum absolute atomic E-state index is 16.2. The summed E-state index contributed by atoms with van der Waals surface area (Å²) in [5.41, 5.74) is 0.222. The lowest BCUT2D eigenvalue weighted by atomic mass is 9.64. The van der Waals surface area contributed by atoms with Crippen molar-refractivity contribution in [2.75, 3.05) is 52.5 Å². The van der Waals surface area contributed by atoms with Gasteiger partial charge in [-0.25, -0.2) is 4.39 Å². The molecule has 0 radical (unpaired) electrons. The summed E-state index contributed by atoms with van der Waals surface area (Å²) in [6.07, 6.45) is 10.0. The van der Waals surface area contributed by atoms with Gasteiger partial charge in [0.2, 0.25) is 0 Å². The Morgan fingerprint density at radius 3 is 2.59 bits per heavy atom. The van der Waals surface area contributed by atoms with Gasteiger partial charge in [0.15, 0.2) is 5.78 Å². The molecule has 6 fully saturated rings. The molecule has 7 rings (SSSR count). The van der Waals surface area contributed by atoms with E-state index in [1.807, 2.05) is 6.20 Å². The fourth-order valence-corrected chi connectivity index (χ4v) is 9.24. The number of rotatable bonds is 5. The molecule has 9 unspecified atom stereocenters. The summed E-state index contributed by atoms with van der Waals surface area (Å²) in [4.78, 5) is 34.2. The third-order valence-electron chi connectivity index (χ3n) is 11.1. The highest BCUT2D eigenvalue weighted by Crippen LogP contribution is 2.51. The summed E-state index contributed by atoms with van der Waals surface area (Å²) in [6, 6.07) is -0.436. The van der Waals surface area contributed by atoms with Crippen molar-refractivity contribution in [1.29, 1.82) is 0 Å². The lowest BCUT2D eigenvalue weighted by molar-refractivity contribution is -0.235. The zero-order valence-corrected chi connectivity index (χ0v) is 23.1. The topological polar surface area (TPSA) is 74.3 Å². The average molecular weight is 545 g/mol. The number of Topliss-reactive ketones (excluding diaryl/α,β-unsaturated/α-hetero) is 1. The quantitative estimate of drug-likeness (QED) is 0.532. The van der Waals surface area contributed by atoms with E-state index in [9.17, 15) is 9.59 Å². The van der Waals surface area contributed by atoms with Crippen molar-refractivity contribution >= 4 is 11.7 Å². The van der Waals surface area contributed by atoms with Crippen molar-refractivity contribution in [1.82, 2.24) is 20.0 Å². The van der Waals surface area contributed by atoms with E-state index in [1.165, 1.54) is 38.5 Å². The van der Waals surface area contributed by atoms with Gasteiger partial charge in [0, 0.05) is 38.3 Å². The van der Waals surface area contributed by atoms with Crippen molar-refractivity contribution in [3.8, 4) is 0 Å². The molecular weight excluding hydrogens is 499 g/mol. The van der Waals surface area contributed by atoms with Gasteiger partial charge in [-0.2, -0.15) is 0 Å². The summed E-state index contributed by atoms with van der Waals surface area (Å²) >= 11 is 0. The molecule has 0 aromatic carbocycles. The Bertz CT molecular complexity index is 967. The van der Waals surface area contributed by atoms with Crippen LogP contribution in [0.5, 0.6) is 0 Å². The van der Waals surface area contributed by atoms with Crippen molar-refractivity contribution in [3.05, 3.63) is 11.8 Å². The van der Waals surface area contributed by atoms with Gasteiger partial charge in [0.25, 0.3) is 5.91 Å². The minimum atomic E-state index is -1.17. The number of carbonyl (C=O) groups is 2. The Labute approximate surface area is 231 Å². The zero-order valence-electron chi connectivity index (χ0n) is 23.1. The van der Waals surface area contributed by atoms with Gasteiger partial charge in [0.1, 0.15) is 6.17 Å². The Balaban J connectivity index is 1.19. The highest BCUT2D eigenvalue weighted by atomic mass is 19.1. The summed E-state index contributed by atoms with van der Waals surface area (Å²) in [6.45, 7) is 6.07. The molecule has 0 aromatic rings. The fraction of sp³-hybridized carbons (Fsp3) is 0.867. The first kappa shape index (κ1) is 26.4. The third kappa shape index (κ3) is 4.75. The number of ether oxygens (including phenoxy) is 2. The third-order valence-corrected chi connectivity index (χ3v) is 11.1. The molecule has 0 spiro atoms. The van der Waals surface area contributed by atoms with Gasteiger partial charge in [-0.3, -0.25) is 14.5 Å². The van der Waals surface area contributed by atoms with Crippen LogP contribution in [0.2, 0.25) is 0 Å². The second-order valence-electron chi connectivity index (χ2n) is 13.1. The molecule has 9 heteroatoms. The average Bonchev–Trinajstić information content (AvgIpc) is 3.48. The second-order valence-corrected chi connectivity index (χ2v) is 13.1. The highest BCUT2D eigenvalue weighted by Gasteiger charge is 2.61. The van der Waals surface area contributed by atoms with Crippen molar-refractivity contribution in [3.63, 3.8) is 0 Å². The number of morpholine rings is 2. The number of ketones is 1. The van der Waals surface area contributed by atoms with E-state index in [-0.39, 0.29) is 54.0 Å². The first-order valence-corrected chi connectivity index (χ1v) is 15.8. The van der Waals surface area contributed by atoms with Crippen LogP contribution in [-0.2, 0) is 19.1 Å². The van der Waals surface area contributed by atoms with E-state index in [4.69, 9.17) is 9.47 Å². The largest absolute Gasteiger partial charge is 0.379 e. The predicted molar refractivity (Wildman–Crippen MR) is 144 cm³/mol. The highest BCUT2D eigenvalue weighted by molar-refractivity contribution is 6.20. The normalized spacial score (nSPS) is 42.8. The molecule has 3 aliphatic carbocycles. The van der Waals surface area contributed by atoms with Crippen LogP contribution in [0.3, 0.4) is 0 Å². The molecule has 8 nitrogen and oxygen atoms in total. The van der Waals surface area contributed by atoms with Crippen LogP contribution in [0.4, 0.5) is 4.39 Å². The zero-order chi connectivity index (χ0) is 26.5. The van der Waals surface area contributed by atoms with Crippen LogP contribution in [0.15, 0.2) is 11.8 Å². The summed E-state index contributed by atoms with van der Waals surface area (Å²) in [5, 5.41) is 3.02. The molecule has 3 saturated heterocycles. The molecule has 7 aliphatic rings. The van der Waals surface area contributed by atoms with Crippen LogP contribution in [0.1, 0.15) is 57.8 Å². The van der Waals surface area contributed by atoms with Gasteiger partial charge < -0.3 is 24.6 Å². The van der Waals surface area contributed by atoms with Gasteiger partial charge in [-0.15, -0.1) is 0 Å². The summed E-state index contributed by atoms with van der Waals surface area (Å²) in [7, 11) is 0. The monoisotopic (exact) mass is 544 g/mol. The standard InChI is InChI=1S/C30H45FN4O4/c31-23-17-21-25-29(26(23)34-13-15-38-16-14-34)39-28-20-6-2-1-5-19(20)7-8-24(28)35(25)18-22(27(21)36)30(37)32-9-12-33-10-3-4-11-33/h18-21,23-26,28-29H,1-17H2,(H,32,37). The van der Waals surface area contributed by atoms with Crippen LogP contribution in [0, 0.1) is 17.8 Å². The molecular formula is C30H45FN4O4. The van der Waals surface area contributed by atoms with E-state index < -0.39 is 12.1 Å². The summed E-state index contributed by atoms with van der Waals surface area (Å²) < 4.78 is 28.8. The Morgan fingerprint density at radius 2 is 1.77 bits per heavy atom. The fourth-order valence-electron chi connectivity index (χ4n) is 9.24. The van der Waals surface area contributed by atoms with E-state index >= 15 is 4.39 Å². The Hall–Kier alpha value is -1.55. The number of alkyl halides is 1. The van der Waals surface area contributed by atoms with Crippen LogP contribution < -0.4 is 5.32 Å². The first-order valence-electron chi connectivity index (χ1n) is 15.8. The minimum absolute atomic E-state index is 0.0312. The van der Waals surface area contributed by atoms with E-state index in [1.54, 1.807) is 0 Å². The van der Waals surface area contributed by atoms with E-state index in [0.29, 0.717) is 44.7 Å². The number of amides is 1. The molecule has 39 heavy (non-hydrogen) atoms. The second kappa shape index (κ2) is 11.0. The number of hydrogen-bond acceptors (Lipinski definition) is 7. The lowest BCUT2D eigenvalue weighted by Crippen LogP contribution is -2.74. The number of likely N-dealkylation sites (tertiary alicyclic amines) is 1. The number of nitrogens with zero attached hydrogens (tertiary/aromatic N) is 3. The molecule has 4 aliphatic heterocycles. The molecule has 216 valence electrons. The molecule has 1 N–H and O–H groups in total. The summed E-state index contributed by atoms with van der Waals surface area (Å²) in [5.74, 6) is 0.107. The number of hydrogen-bond donors (Lipinski definition) is 1. The molecule has 4 heterocycles. The van der Waals surface area contributed by atoms with Crippen LogP contribution >= 0.6 is 0 Å². The Kier molecular flexibility index (Phi) is 7.45. The van der Waals surface area contributed by atoms with Crippen LogP contribution in [0.25, 0.3) is 0 Å². The Morgan fingerprint density at radius 1 is 0.974 bits per heavy atom. The smallest absolute Gasteiger partial charge is 0.256 e. The van der Waals surface area contributed by atoms with Crippen molar-refractivity contribution < 1.29 is 23.5 Å². The van der Waals surface area contributed by atoms with Crippen molar-refractivity contribution in [2.45, 2.75) is 94.3 Å². The molecule has 9 atom stereocenters. The SMILES string of the molecule is O=C(NCCN1CCCC1)C1=CN2C3CCC4CCCCC4C3OC3C(N4CCOCC4)C(F)CC(C1=O)C32. The van der Waals surface area contributed by atoms with Gasteiger partial charge in [-0.1, -0.05) is 19.3 Å². The van der Waals surface area contributed by atoms with Crippen molar-refractivity contribution in [2.24, 2.45) is 17.8 Å². The molecule has 0 aromatic heterocycles. The first-order chi connectivity index (χ1) is 19.1. The van der Waals surface area contributed by atoms with Gasteiger partial charge in [0.05, 0.1) is 49.1 Å². The van der Waals surface area contributed by atoms with Gasteiger partial charge in [-0.05, 0) is 63.5 Å². The number of nitrogens with one attached hydrogen (secondary N) is 1. The number of carbonyl (C=O) groups excluding carboxylic acids is 2. The maximum atomic E-state index is 16.2. The van der Waals surface area contributed by atoms with Gasteiger partial charge >= 0.3 is 0 Å². The van der Waals surface area contributed by atoms with Crippen LogP contribution in [-0.4, -0.2) is 115 Å². The number of fused-ring (bicyclic) bond motifs is 4.